The number of aromatic nitrogens is 3. The molecule has 5 rings (SSSR count). The number of anilines is 2. The molecule has 4 aromatic rings. The second kappa shape index (κ2) is 13.4. The van der Waals surface area contributed by atoms with E-state index < -0.39 is 12.7 Å². The van der Waals surface area contributed by atoms with Crippen molar-refractivity contribution in [2.24, 2.45) is 4.99 Å². The summed E-state index contributed by atoms with van der Waals surface area (Å²) in [6.45, 7) is 6.04. The number of alkyl halides is 3. The number of rotatable bonds is 10. The molecule has 1 amide bonds. The Morgan fingerprint density at radius 2 is 1.84 bits per heavy atom. The molecule has 0 spiro atoms. The Morgan fingerprint density at radius 3 is 2.53 bits per heavy atom. The molecule has 2 heterocycles. The summed E-state index contributed by atoms with van der Waals surface area (Å²) in [5, 5.41) is 18.5. The third kappa shape index (κ3) is 8.07. The van der Waals surface area contributed by atoms with E-state index in [0.29, 0.717) is 28.1 Å². The van der Waals surface area contributed by atoms with Crippen molar-refractivity contribution in [3.05, 3.63) is 89.0 Å². The van der Waals surface area contributed by atoms with Crippen molar-refractivity contribution >= 4 is 45.8 Å². The van der Waals surface area contributed by atoms with Gasteiger partial charge in [-0.05, 0) is 66.4 Å². The van der Waals surface area contributed by atoms with Crippen LogP contribution in [0.1, 0.15) is 36.7 Å². The van der Waals surface area contributed by atoms with Crippen LogP contribution in [0, 0.1) is 6.92 Å². The molecular formula is C30H28ClF3N6O4S. The van der Waals surface area contributed by atoms with E-state index in [-0.39, 0.29) is 35.0 Å². The Morgan fingerprint density at radius 1 is 1.11 bits per heavy atom. The van der Waals surface area contributed by atoms with Gasteiger partial charge >= 0.3 is 6.36 Å². The lowest BCUT2D eigenvalue weighted by atomic mass is 9.99. The zero-order valence-corrected chi connectivity index (χ0v) is 25.8. The lowest BCUT2D eigenvalue weighted by molar-refractivity contribution is -0.274. The van der Waals surface area contributed by atoms with E-state index in [1.807, 2.05) is 25.1 Å². The van der Waals surface area contributed by atoms with Crippen molar-refractivity contribution in [1.29, 1.82) is 0 Å². The van der Waals surface area contributed by atoms with Gasteiger partial charge < -0.3 is 19.9 Å². The summed E-state index contributed by atoms with van der Waals surface area (Å²) in [7, 11) is 0. The fraction of sp³-hybridized carbons (Fsp3) is 0.267. The number of halogens is 4. The molecule has 1 aliphatic heterocycles. The second-order valence-electron chi connectivity index (χ2n) is 10.2. The molecule has 2 N–H and O–H groups in total. The number of aliphatic imine (C=N–C) groups is 1. The first-order valence-corrected chi connectivity index (χ1v) is 15.0. The number of amides is 1. The highest BCUT2D eigenvalue weighted by Gasteiger charge is 2.33. The number of carbonyl (C=O) groups excluding carboxylic acids is 1. The fourth-order valence-electron chi connectivity index (χ4n) is 4.44. The summed E-state index contributed by atoms with van der Waals surface area (Å²) in [4.78, 5) is 22.9. The number of aliphatic hydroxyl groups is 1. The first-order valence-electron chi connectivity index (χ1n) is 13.6. The van der Waals surface area contributed by atoms with E-state index in [1.54, 1.807) is 23.1 Å². The van der Waals surface area contributed by atoms with Crippen molar-refractivity contribution in [3.8, 4) is 17.2 Å². The smallest absolute Gasteiger partial charge is 0.485 e. The minimum Gasteiger partial charge on any atom is -0.485 e. The van der Waals surface area contributed by atoms with Gasteiger partial charge in [0.15, 0.2) is 11.0 Å². The van der Waals surface area contributed by atoms with Crippen LogP contribution in [-0.4, -0.2) is 49.4 Å². The van der Waals surface area contributed by atoms with E-state index in [4.69, 9.17) is 16.3 Å². The molecule has 0 bridgehead atoms. The molecule has 1 fully saturated rings. The normalized spacial score (nSPS) is 15.2. The molecule has 0 saturated carbocycles. The predicted octanol–water partition coefficient (Wildman–Crippen LogP) is 6.65. The Kier molecular flexibility index (Phi) is 9.56. The van der Waals surface area contributed by atoms with Gasteiger partial charge in [-0.2, -0.15) is 0 Å². The number of benzene rings is 3. The van der Waals surface area contributed by atoms with Crippen molar-refractivity contribution < 1.29 is 32.5 Å². The average molecular weight is 661 g/mol. The maximum Gasteiger partial charge on any atom is 0.573 e. The van der Waals surface area contributed by atoms with E-state index in [2.05, 4.69) is 39.0 Å². The number of nitrogens with one attached hydrogen (secondary N) is 1. The maximum absolute atomic E-state index is 12.8. The van der Waals surface area contributed by atoms with Crippen molar-refractivity contribution in [2.45, 2.75) is 46.0 Å². The number of thioether (sulfide) groups is 1. The topological polar surface area (TPSA) is 114 Å². The number of nitrogens with zero attached hydrogens (tertiary/aromatic N) is 5. The van der Waals surface area contributed by atoms with Crippen LogP contribution in [0.4, 0.5) is 24.5 Å². The van der Waals surface area contributed by atoms with E-state index >= 15 is 0 Å². The number of aliphatic hydroxyl groups excluding tert-OH is 1. The molecule has 1 unspecified atom stereocenters. The van der Waals surface area contributed by atoms with Gasteiger partial charge in [0.2, 0.25) is 12.3 Å². The summed E-state index contributed by atoms with van der Waals surface area (Å²) in [5.74, 6) is 0.641. The van der Waals surface area contributed by atoms with Crippen molar-refractivity contribution in [2.75, 3.05) is 16.0 Å². The molecule has 3 aromatic carbocycles. The van der Waals surface area contributed by atoms with Crippen molar-refractivity contribution in [3.63, 3.8) is 0 Å². The number of aryl methyl sites for hydroxylation is 1. The predicted molar refractivity (Wildman–Crippen MR) is 166 cm³/mol. The van der Waals surface area contributed by atoms with Gasteiger partial charge in [0.05, 0.1) is 27.8 Å². The number of carbonyl (C=O) groups is 1. The lowest BCUT2D eigenvalue weighted by Crippen LogP contribution is -2.32. The third-order valence-electron chi connectivity index (χ3n) is 6.51. The average Bonchev–Trinajstić information content (AvgIpc) is 3.59. The molecule has 15 heteroatoms. The molecule has 1 aliphatic rings. The fourth-order valence-corrected chi connectivity index (χ4v) is 5.56. The van der Waals surface area contributed by atoms with Crippen molar-refractivity contribution in [1.82, 2.24) is 14.8 Å². The highest BCUT2D eigenvalue weighted by molar-refractivity contribution is 8.15. The Bertz CT molecular complexity index is 1710. The minimum absolute atomic E-state index is 0.0138. The third-order valence-corrected chi connectivity index (χ3v) is 7.76. The highest BCUT2D eigenvalue weighted by atomic mass is 35.5. The van der Waals surface area contributed by atoms with Crippen LogP contribution in [0.15, 0.2) is 72.0 Å². The summed E-state index contributed by atoms with van der Waals surface area (Å²) < 4.78 is 48.2. The molecule has 1 saturated heterocycles. The van der Waals surface area contributed by atoms with Gasteiger partial charge in [0.1, 0.15) is 24.4 Å². The molecule has 10 nitrogen and oxygen atoms in total. The van der Waals surface area contributed by atoms with Crippen LogP contribution in [0.3, 0.4) is 0 Å². The van der Waals surface area contributed by atoms with Crippen LogP contribution >= 0.6 is 23.4 Å². The second-order valence-corrected chi connectivity index (χ2v) is 11.6. The molecule has 236 valence electrons. The zero-order valence-electron chi connectivity index (χ0n) is 24.2. The van der Waals surface area contributed by atoms with E-state index in [1.165, 1.54) is 47.0 Å². The zero-order chi connectivity index (χ0) is 32.3. The van der Waals surface area contributed by atoms with Crippen LogP contribution < -0.4 is 19.7 Å². The Hall–Kier alpha value is -4.27. The van der Waals surface area contributed by atoms with Gasteiger partial charge in [0, 0.05) is 6.07 Å². The summed E-state index contributed by atoms with van der Waals surface area (Å²) in [6, 6.07) is 15.9. The number of hydrogen-bond acceptors (Lipinski definition) is 9. The van der Waals surface area contributed by atoms with E-state index in [9.17, 15) is 23.1 Å². The summed E-state index contributed by atoms with van der Waals surface area (Å²) >= 11 is 7.69. The SMILES string of the molecule is Cc1ccc(C(C)C)c(N2C(=O)CS/C2=N\C(O)Nc2ccc(OCc3ncn(-c4ccc(OC(F)(F)F)cc4)n3)cc2Cl)c1. The van der Waals surface area contributed by atoms with Gasteiger partial charge in [-0.1, -0.05) is 49.3 Å². The minimum atomic E-state index is -4.78. The number of amidine groups is 1. The number of ether oxygens (including phenoxy) is 2. The first kappa shape index (κ1) is 32.1. The molecule has 45 heavy (non-hydrogen) atoms. The summed E-state index contributed by atoms with van der Waals surface area (Å²) in [5.41, 5.74) is 3.62. The summed E-state index contributed by atoms with van der Waals surface area (Å²) in [6.07, 6.45) is -4.76. The van der Waals surface area contributed by atoms with Crippen LogP contribution in [0.25, 0.3) is 5.69 Å². The van der Waals surface area contributed by atoms with Gasteiger partial charge in [-0.25, -0.2) is 14.7 Å². The standard InChI is InChI=1S/C30H28ClF3N6O4S/c1-17(2)22-10-4-18(3)12-25(22)40-27(41)15-45-29(40)37-28(42)36-24-11-9-21(13-23(24)31)43-14-26-35-16-39(38-26)19-5-7-20(8-6-19)44-30(32,33)34/h4-13,16-17,28,36,42H,14-15H2,1-3H3/b37-29-. The maximum atomic E-state index is 12.8. The van der Waals surface area contributed by atoms with Crippen LogP contribution in [-0.2, 0) is 11.4 Å². The molecule has 1 atom stereocenters. The number of hydrogen-bond donors (Lipinski definition) is 2. The largest absolute Gasteiger partial charge is 0.573 e. The quantitative estimate of drug-likeness (QED) is 0.182. The Labute approximate surface area is 265 Å². The monoisotopic (exact) mass is 660 g/mol. The first-order chi connectivity index (χ1) is 21.4. The molecule has 0 aliphatic carbocycles. The Balaban J connectivity index is 1.21. The lowest BCUT2D eigenvalue weighted by Gasteiger charge is -2.23. The van der Waals surface area contributed by atoms with Crippen LogP contribution in [0.5, 0.6) is 11.5 Å². The van der Waals surface area contributed by atoms with E-state index in [0.717, 1.165) is 16.8 Å². The molecule has 1 aromatic heterocycles. The van der Waals surface area contributed by atoms with Gasteiger partial charge in [-0.3, -0.25) is 9.69 Å². The highest BCUT2D eigenvalue weighted by Crippen LogP contribution is 2.35. The molecular weight excluding hydrogens is 633 g/mol. The molecule has 0 radical (unpaired) electrons. The van der Waals surface area contributed by atoms with Gasteiger partial charge in [-0.15, -0.1) is 18.3 Å². The van der Waals surface area contributed by atoms with Gasteiger partial charge in [0.25, 0.3) is 0 Å². The van der Waals surface area contributed by atoms with Crippen LogP contribution in [0.2, 0.25) is 5.02 Å².